The Bertz CT molecular complexity index is 584. The fourth-order valence-corrected chi connectivity index (χ4v) is 1.32. The zero-order valence-electron chi connectivity index (χ0n) is 9.45. The number of aryl methyl sites for hydroxylation is 1. The summed E-state index contributed by atoms with van der Waals surface area (Å²) >= 11 is 0. The van der Waals surface area contributed by atoms with Gasteiger partial charge in [0.05, 0.1) is 23.7 Å². The highest BCUT2D eigenvalue weighted by Gasteiger charge is 2.15. The second-order valence-electron chi connectivity index (χ2n) is 3.60. The highest BCUT2D eigenvalue weighted by Crippen LogP contribution is 2.13. The lowest BCUT2D eigenvalue weighted by Crippen LogP contribution is -2.15. The molecule has 0 aliphatic rings. The topological polar surface area (TPSA) is 54.9 Å². The monoisotopic (exact) mass is 249 g/mol. The minimum atomic E-state index is -1.19. The van der Waals surface area contributed by atoms with Crippen LogP contribution in [0.25, 0.3) is 0 Å². The standard InChI is InChI=1S/C12H9F2N3O/c1-7-5-16-10(6-15-7)17-12(18)8-3-2-4-9(13)11(8)14/h2-6H,1H3,(H,16,17,18). The van der Waals surface area contributed by atoms with Gasteiger partial charge in [-0.1, -0.05) is 6.07 Å². The second-order valence-corrected chi connectivity index (χ2v) is 3.60. The molecule has 92 valence electrons. The van der Waals surface area contributed by atoms with Gasteiger partial charge in [0.2, 0.25) is 0 Å². The molecule has 0 saturated heterocycles. The molecule has 0 spiro atoms. The smallest absolute Gasteiger partial charge is 0.259 e. The molecule has 1 aromatic heterocycles. The first kappa shape index (κ1) is 12.1. The molecule has 0 aliphatic heterocycles. The van der Waals surface area contributed by atoms with E-state index in [1.807, 2.05) is 0 Å². The van der Waals surface area contributed by atoms with Crippen molar-refractivity contribution in [2.75, 3.05) is 5.32 Å². The summed E-state index contributed by atoms with van der Waals surface area (Å²) in [5, 5.41) is 2.33. The number of nitrogens with one attached hydrogen (secondary N) is 1. The molecule has 6 heteroatoms. The van der Waals surface area contributed by atoms with Crippen LogP contribution in [0.15, 0.2) is 30.6 Å². The second kappa shape index (κ2) is 4.87. The molecule has 1 aromatic carbocycles. The van der Waals surface area contributed by atoms with Gasteiger partial charge in [0.25, 0.3) is 5.91 Å². The third-order valence-corrected chi connectivity index (χ3v) is 2.22. The maximum atomic E-state index is 13.3. The third-order valence-electron chi connectivity index (χ3n) is 2.22. The summed E-state index contributed by atoms with van der Waals surface area (Å²) in [4.78, 5) is 19.5. The summed E-state index contributed by atoms with van der Waals surface area (Å²) in [6.07, 6.45) is 2.79. The molecule has 18 heavy (non-hydrogen) atoms. The lowest BCUT2D eigenvalue weighted by molar-refractivity contribution is 0.102. The molecule has 0 unspecified atom stereocenters. The van der Waals surface area contributed by atoms with Gasteiger partial charge < -0.3 is 5.32 Å². The van der Waals surface area contributed by atoms with Crippen LogP contribution in [0.3, 0.4) is 0 Å². The number of amides is 1. The maximum absolute atomic E-state index is 13.3. The van der Waals surface area contributed by atoms with E-state index in [1.165, 1.54) is 24.5 Å². The van der Waals surface area contributed by atoms with Crippen LogP contribution in [-0.4, -0.2) is 15.9 Å². The molecule has 0 radical (unpaired) electrons. The number of carbonyl (C=O) groups is 1. The van der Waals surface area contributed by atoms with Gasteiger partial charge in [0.1, 0.15) is 0 Å². The fourth-order valence-electron chi connectivity index (χ4n) is 1.32. The Morgan fingerprint density at radius 1 is 1.22 bits per heavy atom. The van der Waals surface area contributed by atoms with Crippen LogP contribution in [0.4, 0.5) is 14.6 Å². The van der Waals surface area contributed by atoms with Crippen molar-refractivity contribution in [3.05, 3.63) is 53.5 Å². The Kier molecular flexibility index (Phi) is 3.27. The number of benzene rings is 1. The number of anilines is 1. The van der Waals surface area contributed by atoms with Gasteiger partial charge in [0.15, 0.2) is 17.5 Å². The van der Waals surface area contributed by atoms with Gasteiger partial charge >= 0.3 is 0 Å². The van der Waals surface area contributed by atoms with Crippen molar-refractivity contribution >= 4 is 11.7 Å². The van der Waals surface area contributed by atoms with Crippen LogP contribution in [0.2, 0.25) is 0 Å². The normalized spacial score (nSPS) is 10.2. The number of hydrogen-bond acceptors (Lipinski definition) is 3. The largest absolute Gasteiger partial charge is 0.305 e. The number of hydrogen-bond donors (Lipinski definition) is 1. The molecular formula is C12H9F2N3O. The molecule has 4 nitrogen and oxygen atoms in total. The summed E-state index contributed by atoms with van der Waals surface area (Å²) < 4.78 is 26.3. The van der Waals surface area contributed by atoms with E-state index in [2.05, 4.69) is 15.3 Å². The maximum Gasteiger partial charge on any atom is 0.259 e. The minimum absolute atomic E-state index is 0.175. The molecule has 0 fully saturated rings. The highest BCUT2D eigenvalue weighted by atomic mass is 19.2. The van der Waals surface area contributed by atoms with E-state index in [9.17, 15) is 13.6 Å². The minimum Gasteiger partial charge on any atom is -0.305 e. The first-order valence-electron chi connectivity index (χ1n) is 5.12. The van der Waals surface area contributed by atoms with Crippen LogP contribution >= 0.6 is 0 Å². The molecule has 2 aromatic rings. The van der Waals surface area contributed by atoms with Crippen LogP contribution in [-0.2, 0) is 0 Å². The van der Waals surface area contributed by atoms with Crippen molar-refractivity contribution in [1.29, 1.82) is 0 Å². The summed E-state index contributed by atoms with van der Waals surface area (Å²) in [7, 11) is 0. The molecular weight excluding hydrogens is 240 g/mol. The Morgan fingerprint density at radius 2 is 2.00 bits per heavy atom. The number of carbonyl (C=O) groups excluding carboxylic acids is 1. The highest BCUT2D eigenvalue weighted by molar-refractivity contribution is 6.03. The predicted octanol–water partition coefficient (Wildman–Crippen LogP) is 2.32. The predicted molar refractivity (Wildman–Crippen MR) is 61.1 cm³/mol. The average molecular weight is 249 g/mol. The zero-order valence-corrected chi connectivity index (χ0v) is 9.45. The van der Waals surface area contributed by atoms with Gasteiger partial charge in [-0.15, -0.1) is 0 Å². The van der Waals surface area contributed by atoms with E-state index >= 15 is 0 Å². The van der Waals surface area contributed by atoms with E-state index in [4.69, 9.17) is 0 Å². The van der Waals surface area contributed by atoms with Crippen LogP contribution in [0, 0.1) is 18.6 Å². The lowest BCUT2D eigenvalue weighted by Gasteiger charge is -2.05. The Hall–Kier alpha value is -2.37. The van der Waals surface area contributed by atoms with Gasteiger partial charge in [-0.05, 0) is 19.1 Å². The van der Waals surface area contributed by atoms with Crippen molar-refractivity contribution < 1.29 is 13.6 Å². The zero-order chi connectivity index (χ0) is 13.1. The van der Waals surface area contributed by atoms with E-state index in [0.717, 1.165) is 6.07 Å². The SMILES string of the molecule is Cc1cnc(NC(=O)c2cccc(F)c2F)cn1. The van der Waals surface area contributed by atoms with Crippen molar-refractivity contribution in [1.82, 2.24) is 9.97 Å². The Labute approximate surface area is 102 Å². The summed E-state index contributed by atoms with van der Waals surface area (Å²) in [5.74, 6) is -2.85. The quantitative estimate of drug-likeness (QED) is 0.888. The van der Waals surface area contributed by atoms with Gasteiger partial charge in [-0.2, -0.15) is 0 Å². The van der Waals surface area contributed by atoms with Crippen LogP contribution in [0.5, 0.6) is 0 Å². The number of halogens is 2. The number of aromatic nitrogens is 2. The van der Waals surface area contributed by atoms with Crippen molar-refractivity contribution in [3.63, 3.8) is 0 Å². The molecule has 1 amide bonds. The van der Waals surface area contributed by atoms with E-state index in [0.29, 0.717) is 5.69 Å². The summed E-state index contributed by atoms with van der Waals surface area (Å²) in [5.41, 5.74) is 0.308. The lowest BCUT2D eigenvalue weighted by atomic mass is 10.2. The summed E-state index contributed by atoms with van der Waals surface area (Å²) in [6, 6.07) is 3.39. The molecule has 1 heterocycles. The van der Waals surface area contributed by atoms with Gasteiger partial charge in [-0.3, -0.25) is 9.78 Å². The summed E-state index contributed by atoms with van der Waals surface area (Å²) in [6.45, 7) is 1.74. The van der Waals surface area contributed by atoms with Crippen LogP contribution < -0.4 is 5.32 Å². The Balaban J connectivity index is 2.22. The number of rotatable bonds is 2. The van der Waals surface area contributed by atoms with E-state index < -0.39 is 17.5 Å². The fraction of sp³-hybridized carbons (Fsp3) is 0.0833. The first-order valence-corrected chi connectivity index (χ1v) is 5.12. The Morgan fingerprint density at radius 3 is 2.67 bits per heavy atom. The number of nitrogens with zero attached hydrogens (tertiary/aromatic N) is 2. The van der Waals surface area contributed by atoms with Gasteiger partial charge in [0, 0.05) is 0 Å². The molecule has 0 aliphatic carbocycles. The van der Waals surface area contributed by atoms with Crippen LogP contribution in [0.1, 0.15) is 16.1 Å². The van der Waals surface area contributed by atoms with Crippen molar-refractivity contribution in [3.8, 4) is 0 Å². The molecule has 0 atom stereocenters. The molecule has 1 N–H and O–H groups in total. The van der Waals surface area contributed by atoms with Gasteiger partial charge in [-0.25, -0.2) is 13.8 Å². The van der Waals surface area contributed by atoms with Crippen molar-refractivity contribution in [2.45, 2.75) is 6.92 Å². The van der Waals surface area contributed by atoms with E-state index in [-0.39, 0.29) is 11.4 Å². The van der Waals surface area contributed by atoms with E-state index in [1.54, 1.807) is 6.92 Å². The first-order chi connectivity index (χ1) is 8.58. The molecule has 2 rings (SSSR count). The molecule has 0 saturated carbocycles. The van der Waals surface area contributed by atoms with Crippen molar-refractivity contribution in [2.24, 2.45) is 0 Å². The average Bonchev–Trinajstić information content (AvgIpc) is 2.35. The molecule has 0 bridgehead atoms. The third kappa shape index (κ3) is 2.48.